The van der Waals surface area contributed by atoms with E-state index >= 15 is 0 Å². The summed E-state index contributed by atoms with van der Waals surface area (Å²) in [5.74, 6) is 0.229. The van der Waals surface area contributed by atoms with E-state index in [1.54, 1.807) is 24.3 Å². The number of benzene rings is 1. The summed E-state index contributed by atoms with van der Waals surface area (Å²) in [5.41, 5.74) is 0.944. The molecule has 24 heavy (non-hydrogen) atoms. The van der Waals surface area contributed by atoms with Crippen LogP contribution in [0.5, 0.6) is 0 Å². The van der Waals surface area contributed by atoms with Gasteiger partial charge < -0.3 is 9.64 Å². The molecule has 0 spiro atoms. The molecule has 7 heteroatoms. The molecule has 1 N–H and O–H groups in total. The van der Waals surface area contributed by atoms with E-state index in [9.17, 15) is 13.2 Å². The lowest BCUT2D eigenvalue weighted by Gasteiger charge is -2.16. The first-order valence-electron chi connectivity index (χ1n) is 8.35. The van der Waals surface area contributed by atoms with Gasteiger partial charge in [0.2, 0.25) is 10.0 Å². The minimum Gasteiger partial charge on any atom is -0.465 e. The number of nitrogens with zero attached hydrogens (tertiary/aromatic N) is 1. The van der Waals surface area contributed by atoms with Gasteiger partial charge >= 0.3 is 5.97 Å². The van der Waals surface area contributed by atoms with Crippen molar-refractivity contribution in [2.24, 2.45) is 5.92 Å². The Morgan fingerprint density at radius 2 is 2.12 bits per heavy atom. The van der Waals surface area contributed by atoms with Gasteiger partial charge in [-0.1, -0.05) is 12.1 Å². The Bertz CT molecular complexity index is 700. The second kappa shape index (κ2) is 7.21. The zero-order valence-corrected chi connectivity index (χ0v) is 14.7. The predicted molar refractivity (Wildman–Crippen MR) is 91.1 cm³/mol. The molecule has 2 aliphatic rings. The van der Waals surface area contributed by atoms with E-state index < -0.39 is 16.0 Å². The molecular formula is C17H24N2O4S. The molecule has 1 heterocycles. The zero-order valence-electron chi connectivity index (χ0n) is 13.9. The Balaban J connectivity index is 1.57. The van der Waals surface area contributed by atoms with Crippen molar-refractivity contribution < 1.29 is 17.9 Å². The molecule has 1 aliphatic carbocycles. The van der Waals surface area contributed by atoms with Crippen LogP contribution in [0, 0.1) is 5.92 Å². The lowest BCUT2D eigenvalue weighted by Crippen LogP contribution is -2.38. The Kier molecular flexibility index (Phi) is 5.22. The van der Waals surface area contributed by atoms with Gasteiger partial charge in [-0.05, 0) is 49.4 Å². The van der Waals surface area contributed by atoms with Gasteiger partial charge in [0.25, 0.3) is 0 Å². The third-order valence-electron chi connectivity index (χ3n) is 4.54. The van der Waals surface area contributed by atoms with Crippen molar-refractivity contribution in [2.45, 2.75) is 31.1 Å². The van der Waals surface area contributed by atoms with Gasteiger partial charge in [-0.25, -0.2) is 17.9 Å². The zero-order chi connectivity index (χ0) is 17.2. The molecule has 132 valence electrons. The molecule has 2 fully saturated rings. The third kappa shape index (κ3) is 4.78. The van der Waals surface area contributed by atoms with Crippen molar-refractivity contribution in [2.75, 3.05) is 26.7 Å². The average Bonchev–Trinajstić information content (AvgIpc) is 3.25. The van der Waals surface area contributed by atoms with Crippen LogP contribution in [0.3, 0.4) is 0 Å². The molecule has 0 amide bonds. The number of rotatable bonds is 7. The van der Waals surface area contributed by atoms with Crippen LogP contribution in [0.2, 0.25) is 0 Å². The van der Waals surface area contributed by atoms with Crippen LogP contribution in [0.1, 0.15) is 35.2 Å². The highest BCUT2D eigenvalue weighted by molar-refractivity contribution is 7.88. The molecule has 1 aliphatic heterocycles. The minimum atomic E-state index is -3.43. The fourth-order valence-electron chi connectivity index (χ4n) is 3.18. The molecule has 3 rings (SSSR count). The van der Waals surface area contributed by atoms with E-state index in [-0.39, 0.29) is 11.8 Å². The van der Waals surface area contributed by atoms with Gasteiger partial charge in [-0.3, -0.25) is 0 Å². The van der Waals surface area contributed by atoms with Crippen molar-refractivity contribution >= 4 is 16.0 Å². The molecule has 1 unspecified atom stereocenters. The second-order valence-corrected chi connectivity index (χ2v) is 8.51. The maximum absolute atomic E-state index is 12.4. The lowest BCUT2D eigenvalue weighted by molar-refractivity contribution is 0.0600. The number of sulfonamides is 1. The van der Waals surface area contributed by atoms with Gasteiger partial charge in [0, 0.05) is 19.1 Å². The Hall–Kier alpha value is -1.44. The SMILES string of the molecule is COC(=O)c1cccc(CS(=O)(=O)NC2CCN(CC3CC3)C2)c1. The Morgan fingerprint density at radius 3 is 2.83 bits per heavy atom. The van der Waals surface area contributed by atoms with Crippen LogP contribution in [-0.2, 0) is 20.5 Å². The molecule has 1 aromatic carbocycles. The van der Waals surface area contributed by atoms with E-state index in [4.69, 9.17) is 0 Å². The standard InChI is InChI=1S/C17H24N2O4S/c1-23-17(20)15-4-2-3-14(9-15)12-24(21,22)18-16-7-8-19(11-16)10-13-5-6-13/h2-4,9,13,16,18H,5-8,10-12H2,1H3. The summed E-state index contributed by atoms with van der Waals surface area (Å²) in [6.07, 6.45) is 3.47. The molecule has 1 atom stereocenters. The molecular weight excluding hydrogens is 328 g/mol. The minimum absolute atomic E-state index is 0.0162. The molecule has 6 nitrogen and oxygen atoms in total. The summed E-state index contributed by atoms with van der Waals surface area (Å²) in [7, 11) is -2.13. The molecule has 1 saturated heterocycles. The van der Waals surface area contributed by atoms with Crippen molar-refractivity contribution in [1.82, 2.24) is 9.62 Å². The quantitative estimate of drug-likeness (QED) is 0.750. The van der Waals surface area contributed by atoms with Crippen LogP contribution in [0.25, 0.3) is 0 Å². The van der Waals surface area contributed by atoms with Crippen molar-refractivity contribution in [3.8, 4) is 0 Å². The summed E-state index contributed by atoms with van der Waals surface area (Å²) in [6, 6.07) is 6.54. The Labute approximate surface area is 143 Å². The number of likely N-dealkylation sites (tertiary alicyclic amines) is 1. The smallest absolute Gasteiger partial charge is 0.337 e. The first-order chi connectivity index (χ1) is 11.4. The Morgan fingerprint density at radius 1 is 1.33 bits per heavy atom. The molecule has 0 aromatic heterocycles. The topological polar surface area (TPSA) is 75.7 Å². The first kappa shape index (κ1) is 17.4. The number of hydrogen-bond acceptors (Lipinski definition) is 5. The highest BCUT2D eigenvalue weighted by atomic mass is 32.2. The van der Waals surface area contributed by atoms with Gasteiger partial charge in [-0.2, -0.15) is 0 Å². The molecule has 1 saturated carbocycles. The van der Waals surface area contributed by atoms with E-state index in [1.807, 2.05) is 0 Å². The molecule has 1 aromatic rings. The third-order valence-corrected chi connectivity index (χ3v) is 5.94. The predicted octanol–water partition coefficient (Wildman–Crippen LogP) is 1.38. The fraction of sp³-hybridized carbons (Fsp3) is 0.588. The number of carbonyl (C=O) groups excluding carboxylic acids is 1. The van der Waals surface area contributed by atoms with Crippen LogP contribution in [0.4, 0.5) is 0 Å². The first-order valence-corrected chi connectivity index (χ1v) is 10.00. The van der Waals surface area contributed by atoms with Crippen LogP contribution < -0.4 is 4.72 Å². The highest BCUT2D eigenvalue weighted by Crippen LogP contribution is 2.30. The van der Waals surface area contributed by atoms with Crippen molar-refractivity contribution in [3.05, 3.63) is 35.4 Å². The summed E-state index contributed by atoms with van der Waals surface area (Å²) in [6.45, 7) is 2.85. The van der Waals surface area contributed by atoms with Gasteiger partial charge in [0.15, 0.2) is 0 Å². The van der Waals surface area contributed by atoms with Gasteiger partial charge in [0.05, 0.1) is 18.4 Å². The number of ether oxygens (including phenoxy) is 1. The number of esters is 1. The maximum atomic E-state index is 12.4. The van der Waals surface area contributed by atoms with E-state index in [1.165, 1.54) is 20.0 Å². The number of hydrogen-bond donors (Lipinski definition) is 1. The summed E-state index contributed by atoms with van der Waals surface area (Å²) >= 11 is 0. The molecule has 0 bridgehead atoms. The highest BCUT2D eigenvalue weighted by Gasteiger charge is 2.30. The number of methoxy groups -OCH3 is 1. The number of carbonyl (C=O) groups is 1. The van der Waals surface area contributed by atoms with Crippen LogP contribution >= 0.6 is 0 Å². The normalized spacial score (nSPS) is 21.8. The largest absolute Gasteiger partial charge is 0.465 e. The summed E-state index contributed by atoms with van der Waals surface area (Å²) in [5, 5.41) is 0. The van der Waals surface area contributed by atoms with Crippen molar-refractivity contribution in [1.29, 1.82) is 0 Å². The van der Waals surface area contributed by atoms with E-state index in [2.05, 4.69) is 14.4 Å². The average molecular weight is 352 g/mol. The monoisotopic (exact) mass is 352 g/mol. The van der Waals surface area contributed by atoms with Crippen LogP contribution in [-0.4, -0.2) is 52.1 Å². The second-order valence-electron chi connectivity index (χ2n) is 6.76. The van der Waals surface area contributed by atoms with Crippen molar-refractivity contribution in [3.63, 3.8) is 0 Å². The summed E-state index contributed by atoms with van der Waals surface area (Å²) in [4.78, 5) is 13.9. The van der Waals surface area contributed by atoms with Gasteiger partial charge in [-0.15, -0.1) is 0 Å². The number of nitrogens with one attached hydrogen (secondary N) is 1. The van der Waals surface area contributed by atoms with Gasteiger partial charge in [0.1, 0.15) is 0 Å². The lowest BCUT2D eigenvalue weighted by atomic mass is 10.1. The van der Waals surface area contributed by atoms with E-state index in [0.717, 1.165) is 32.0 Å². The summed E-state index contributed by atoms with van der Waals surface area (Å²) < 4.78 is 32.3. The fourth-order valence-corrected chi connectivity index (χ4v) is 4.58. The van der Waals surface area contributed by atoms with Crippen LogP contribution in [0.15, 0.2) is 24.3 Å². The molecule has 0 radical (unpaired) electrons. The maximum Gasteiger partial charge on any atom is 0.337 e. The van der Waals surface area contributed by atoms with E-state index in [0.29, 0.717) is 11.1 Å².